The maximum absolute atomic E-state index is 11.2. The molecule has 1 aromatic rings. The highest BCUT2D eigenvalue weighted by molar-refractivity contribution is 5.92. The van der Waals surface area contributed by atoms with E-state index in [1.807, 2.05) is 6.07 Å². The minimum Gasteiger partial charge on any atom is -0.335 e. The van der Waals surface area contributed by atoms with Gasteiger partial charge in [0.25, 0.3) is 5.91 Å². The van der Waals surface area contributed by atoms with Crippen LogP contribution < -0.4 is 5.32 Å². The summed E-state index contributed by atoms with van der Waals surface area (Å²) in [4.78, 5) is 12.5. The predicted octanol–water partition coefficient (Wildman–Crippen LogP) is -0.543. The highest BCUT2D eigenvalue weighted by Gasteiger charge is 2.11. The zero-order valence-electron chi connectivity index (χ0n) is 7.35. The lowest BCUT2D eigenvalue weighted by molar-refractivity contribution is 0.0942. The maximum atomic E-state index is 11.2. The van der Waals surface area contributed by atoms with Crippen molar-refractivity contribution in [1.82, 2.24) is 20.3 Å². The van der Waals surface area contributed by atoms with Gasteiger partial charge < -0.3 is 5.32 Å². The number of hydrogen-bond acceptors (Lipinski definition) is 4. The SMILES string of the molecule is CC(C#N)NC(=O)c1cnn(C)n1. The monoisotopic (exact) mass is 179 g/mol. The van der Waals surface area contributed by atoms with Crippen LogP contribution >= 0.6 is 0 Å². The molecule has 1 rings (SSSR count). The van der Waals surface area contributed by atoms with Crippen molar-refractivity contribution in [3.8, 4) is 6.07 Å². The molecule has 6 nitrogen and oxygen atoms in total. The molecule has 0 spiro atoms. The molecule has 0 saturated carbocycles. The van der Waals surface area contributed by atoms with Crippen molar-refractivity contribution >= 4 is 5.91 Å². The molecule has 0 aliphatic carbocycles. The number of nitriles is 1. The molecule has 0 fully saturated rings. The maximum Gasteiger partial charge on any atom is 0.274 e. The van der Waals surface area contributed by atoms with Crippen LogP contribution in [0, 0.1) is 11.3 Å². The molecule has 1 amide bonds. The van der Waals surface area contributed by atoms with Crippen LogP contribution in [-0.2, 0) is 7.05 Å². The number of carbonyl (C=O) groups excluding carboxylic acids is 1. The number of hydrogen-bond donors (Lipinski definition) is 1. The molecule has 1 unspecified atom stereocenters. The third kappa shape index (κ3) is 2.27. The van der Waals surface area contributed by atoms with Crippen molar-refractivity contribution in [3.05, 3.63) is 11.9 Å². The zero-order chi connectivity index (χ0) is 9.84. The number of amides is 1. The third-order valence-electron chi connectivity index (χ3n) is 1.37. The number of nitrogens with one attached hydrogen (secondary N) is 1. The van der Waals surface area contributed by atoms with E-state index in [0.29, 0.717) is 0 Å². The Morgan fingerprint density at radius 1 is 1.85 bits per heavy atom. The Hall–Kier alpha value is -1.90. The van der Waals surface area contributed by atoms with Crippen LogP contribution in [0.25, 0.3) is 0 Å². The van der Waals surface area contributed by atoms with E-state index in [4.69, 9.17) is 5.26 Å². The van der Waals surface area contributed by atoms with E-state index < -0.39 is 6.04 Å². The highest BCUT2D eigenvalue weighted by Crippen LogP contribution is 1.91. The molecule has 68 valence electrons. The van der Waals surface area contributed by atoms with Gasteiger partial charge >= 0.3 is 0 Å². The molecule has 0 aromatic carbocycles. The van der Waals surface area contributed by atoms with Gasteiger partial charge in [0.2, 0.25) is 0 Å². The van der Waals surface area contributed by atoms with Crippen LogP contribution in [0.2, 0.25) is 0 Å². The summed E-state index contributed by atoms with van der Waals surface area (Å²) < 4.78 is 0. The fourth-order valence-electron chi connectivity index (χ4n) is 0.753. The molecule has 1 atom stereocenters. The average Bonchev–Trinajstić information content (AvgIpc) is 2.51. The minimum atomic E-state index is -0.519. The predicted molar refractivity (Wildman–Crippen MR) is 43.5 cm³/mol. The quantitative estimate of drug-likeness (QED) is 0.660. The van der Waals surface area contributed by atoms with E-state index in [9.17, 15) is 4.79 Å². The van der Waals surface area contributed by atoms with Crippen molar-refractivity contribution in [2.45, 2.75) is 13.0 Å². The fourth-order valence-corrected chi connectivity index (χ4v) is 0.753. The lowest BCUT2D eigenvalue weighted by atomic mass is 10.3. The van der Waals surface area contributed by atoms with E-state index in [2.05, 4.69) is 15.5 Å². The van der Waals surface area contributed by atoms with E-state index >= 15 is 0 Å². The van der Waals surface area contributed by atoms with Crippen LogP contribution in [0.1, 0.15) is 17.4 Å². The first-order valence-electron chi connectivity index (χ1n) is 3.70. The summed E-state index contributed by atoms with van der Waals surface area (Å²) in [6, 6.07) is 1.37. The van der Waals surface area contributed by atoms with Crippen LogP contribution in [-0.4, -0.2) is 26.9 Å². The van der Waals surface area contributed by atoms with Crippen LogP contribution in [0.15, 0.2) is 6.20 Å². The first kappa shape index (κ1) is 9.19. The number of carbonyl (C=O) groups is 1. The molecule has 0 radical (unpaired) electrons. The Kier molecular flexibility index (Phi) is 2.59. The molecule has 1 heterocycles. The topological polar surface area (TPSA) is 83.6 Å². The van der Waals surface area contributed by atoms with Crippen molar-refractivity contribution < 1.29 is 4.79 Å². The van der Waals surface area contributed by atoms with Gasteiger partial charge in [-0.15, -0.1) is 5.10 Å². The molecule has 0 aliphatic heterocycles. The highest BCUT2D eigenvalue weighted by atomic mass is 16.2. The number of nitrogens with zero attached hydrogens (tertiary/aromatic N) is 4. The Labute approximate surface area is 75.2 Å². The zero-order valence-corrected chi connectivity index (χ0v) is 7.35. The second-order valence-corrected chi connectivity index (χ2v) is 2.54. The van der Waals surface area contributed by atoms with Crippen molar-refractivity contribution in [2.24, 2.45) is 7.05 Å². The molecular formula is C7H9N5O. The summed E-state index contributed by atoms with van der Waals surface area (Å²) in [5, 5.41) is 18.4. The minimum absolute atomic E-state index is 0.213. The van der Waals surface area contributed by atoms with Gasteiger partial charge in [0, 0.05) is 7.05 Å². The Bertz CT molecular complexity index is 350. The second-order valence-electron chi connectivity index (χ2n) is 2.54. The van der Waals surface area contributed by atoms with E-state index in [0.717, 1.165) is 0 Å². The van der Waals surface area contributed by atoms with Gasteiger partial charge in [0.15, 0.2) is 5.69 Å². The van der Waals surface area contributed by atoms with Gasteiger partial charge in [-0.3, -0.25) is 4.79 Å². The van der Waals surface area contributed by atoms with E-state index in [-0.39, 0.29) is 11.6 Å². The van der Waals surface area contributed by atoms with E-state index in [1.165, 1.54) is 11.0 Å². The van der Waals surface area contributed by atoms with Crippen molar-refractivity contribution in [1.29, 1.82) is 5.26 Å². The van der Waals surface area contributed by atoms with Gasteiger partial charge in [0.1, 0.15) is 6.04 Å². The summed E-state index contributed by atoms with van der Waals surface area (Å²) >= 11 is 0. The molecule has 1 N–H and O–H groups in total. The molecule has 13 heavy (non-hydrogen) atoms. The number of aryl methyl sites for hydroxylation is 1. The van der Waals surface area contributed by atoms with Crippen molar-refractivity contribution in [3.63, 3.8) is 0 Å². The molecule has 0 aliphatic rings. The molecule has 1 aromatic heterocycles. The lowest BCUT2D eigenvalue weighted by Gasteiger charge is -2.02. The molecular weight excluding hydrogens is 170 g/mol. The number of aromatic nitrogens is 3. The standard InChI is InChI=1S/C7H9N5O/c1-5(3-8)10-7(13)6-4-9-12(2)11-6/h4-5H,1-2H3,(H,10,13). The Morgan fingerprint density at radius 3 is 3.00 bits per heavy atom. The van der Waals surface area contributed by atoms with Gasteiger partial charge in [-0.25, -0.2) is 0 Å². The molecule has 0 bridgehead atoms. The molecule has 6 heteroatoms. The smallest absolute Gasteiger partial charge is 0.274 e. The average molecular weight is 179 g/mol. The van der Waals surface area contributed by atoms with Crippen molar-refractivity contribution in [2.75, 3.05) is 0 Å². The first-order valence-corrected chi connectivity index (χ1v) is 3.70. The van der Waals surface area contributed by atoms with Crippen LogP contribution in [0.5, 0.6) is 0 Å². The lowest BCUT2D eigenvalue weighted by Crippen LogP contribution is -2.31. The summed E-state index contributed by atoms with van der Waals surface area (Å²) in [5.74, 6) is -0.387. The Morgan fingerprint density at radius 2 is 2.54 bits per heavy atom. The second kappa shape index (κ2) is 3.67. The number of rotatable bonds is 2. The van der Waals surface area contributed by atoms with Gasteiger partial charge in [0.05, 0.1) is 12.3 Å². The fraction of sp³-hybridized carbons (Fsp3) is 0.429. The van der Waals surface area contributed by atoms with Gasteiger partial charge in [-0.2, -0.15) is 15.2 Å². The van der Waals surface area contributed by atoms with E-state index in [1.54, 1.807) is 14.0 Å². The third-order valence-corrected chi connectivity index (χ3v) is 1.37. The molecule has 0 saturated heterocycles. The van der Waals surface area contributed by atoms with Crippen LogP contribution in [0.4, 0.5) is 0 Å². The summed E-state index contributed by atoms with van der Waals surface area (Å²) in [6.45, 7) is 1.59. The summed E-state index contributed by atoms with van der Waals surface area (Å²) in [5.41, 5.74) is 0.213. The summed E-state index contributed by atoms with van der Waals surface area (Å²) in [7, 11) is 1.62. The Balaban J connectivity index is 2.65. The largest absolute Gasteiger partial charge is 0.335 e. The van der Waals surface area contributed by atoms with Gasteiger partial charge in [-0.1, -0.05) is 0 Å². The first-order chi connectivity index (χ1) is 6.13. The van der Waals surface area contributed by atoms with Gasteiger partial charge in [-0.05, 0) is 6.92 Å². The van der Waals surface area contributed by atoms with Crippen LogP contribution in [0.3, 0.4) is 0 Å². The summed E-state index contributed by atoms with van der Waals surface area (Å²) in [6.07, 6.45) is 1.35. The normalized spacial score (nSPS) is 11.8.